The molecular weight excluding hydrogens is 491 g/mol. The van der Waals surface area contributed by atoms with Gasteiger partial charge in [-0.3, -0.25) is 14.5 Å². The van der Waals surface area contributed by atoms with E-state index in [1.807, 2.05) is 68.7 Å². The number of nitrogens with zero attached hydrogens (tertiary/aromatic N) is 2. The number of carbonyl (C=O) groups excluding carboxylic acids is 2. The largest absolute Gasteiger partial charge is 0.491 e. The second kappa shape index (κ2) is 9.90. The maximum absolute atomic E-state index is 13.0. The van der Waals surface area contributed by atoms with Crippen LogP contribution in [0.4, 0.5) is 4.79 Å². The second-order valence-electron chi connectivity index (χ2n) is 8.19. The highest BCUT2D eigenvalue weighted by atomic mass is 35.5. The Morgan fingerprint density at radius 3 is 2.56 bits per heavy atom. The lowest BCUT2D eigenvalue weighted by molar-refractivity contribution is -0.123. The summed E-state index contributed by atoms with van der Waals surface area (Å²) in [5.74, 6) is 0.444. The molecule has 0 bridgehead atoms. The number of benzene rings is 2. The Bertz CT molecular complexity index is 1330. The highest BCUT2D eigenvalue weighted by molar-refractivity contribution is 8.18. The Labute approximate surface area is 213 Å². The first kappa shape index (κ1) is 24.5. The number of thioether (sulfide) groups is 1. The minimum absolute atomic E-state index is 0.187. The van der Waals surface area contributed by atoms with Gasteiger partial charge >= 0.3 is 0 Å². The van der Waals surface area contributed by atoms with Gasteiger partial charge in [0.15, 0.2) is 0 Å². The lowest BCUT2D eigenvalue weighted by Crippen LogP contribution is -2.32. The monoisotopic (exact) mass is 514 g/mol. The van der Waals surface area contributed by atoms with Gasteiger partial charge in [-0.15, -0.1) is 0 Å². The Kier molecular flexibility index (Phi) is 7.12. The van der Waals surface area contributed by atoms with Crippen LogP contribution < -0.4 is 4.74 Å². The Morgan fingerprint density at radius 2 is 1.79 bits per heavy atom. The van der Waals surface area contributed by atoms with E-state index in [0.717, 1.165) is 51.3 Å². The number of carbonyl (C=O) groups is 2. The average molecular weight is 515 g/mol. The lowest BCUT2D eigenvalue weighted by atomic mass is 10.1. The number of rotatable bonds is 6. The van der Waals surface area contributed by atoms with Crippen molar-refractivity contribution >= 4 is 52.2 Å². The van der Waals surface area contributed by atoms with E-state index < -0.39 is 0 Å². The first-order chi connectivity index (χ1) is 16.2. The van der Waals surface area contributed by atoms with Gasteiger partial charge in [-0.1, -0.05) is 41.4 Å². The zero-order valence-electron chi connectivity index (χ0n) is 19.3. The van der Waals surface area contributed by atoms with Gasteiger partial charge in [0.2, 0.25) is 0 Å². The van der Waals surface area contributed by atoms with Crippen LogP contribution in [0.15, 0.2) is 47.4 Å². The molecule has 1 aromatic heterocycles. The first-order valence-corrected chi connectivity index (χ1v) is 12.3. The van der Waals surface area contributed by atoms with Crippen molar-refractivity contribution in [3.8, 4) is 11.4 Å². The molecule has 0 spiro atoms. The minimum atomic E-state index is -0.315. The highest BCUT2D eigenvalue weighted by Crippen LogP contribution is 2.35. The number of imide groups is 1. The van der Waals surface area contributed by atoms with Crippen molar-refractivity contribution in [1.29, 1.82) is 0 Å². The Hall–Kier alpha value is -2.67. The van der Waals surface area contributed by atoms with E-state index in [1.165, 1.54) is 4.90 Å². The normalized spacial score (nSPS) is 15.0. The van der Waals surface area contributed by atoms with Crippen LogP contribution in [0.25, 0.3) is 11.8 Å². The Balaban J connectivity index is 1.52. The van der Waals surface area contributed by atoms with Crippen LogP contribution in [0.2, 0.25) is 10.0 Å². The number of amides is 2. The molecule has 34 heavy (non-hydrogen) atoms. The van der Waals surface area contributed by atoms with Crippen LogP contribution in [-0.2, 0) is 4.79 Å². The molecular formula is C26H24Cl2N2O3S. The quantitative estimate of drug-likeness (QED) is 0.328. The zero-order chi connectivity index (χ0) is 24.6. The van der Waals surface area contributed by atoms with Gasteiger partial charge in [0, 0.05) is 11.4 Å². The molecule has 1 fully saturated rings. The van der Waals surface area contributed by atoms with Crippen molar-refractivity contribution in [2.45, 2.75) is 27.7 Å². The van der Waals surface area contributed by atoms with Gasteiger partial charge in [-0.2, -0.15) is 0 Å². The van der Waals surface area contributed by atoms with Crippen molar-refractivity contribution in [3.05, 3.63) is 85.5 Å². The fraction of sp³-hybridized carbons (Fsp3) is 0.231. The van der Waals surface area contributed by atoms with Crippen LogP contribution in [-0.4, -0.2) is 33.8 Å². The molecule has 1 aliphatic heterocycles. The van der Waals surface area contributed by atoms with Gasteiger partial charge in [0.1, 0.15) is 12.4 Å². The van der Waals surface area contributed by atoms with E-state index >= 15 is 0 Å². The SMILES string of the molecule is Cc1ccc(C)c(OCCN2C(=O)S/C(=C\c3cc(C)n(-c4cccc(Cl)c4Cl)c3C)C2=O)c1. The summed E-state index contributed by atoms with van der Waals surface area (Å²) < 4.78 is 7.82. The summed E-state index contributed by atoms with van der Waals surface area (Å²) in [7, 11) is 0. The summed E-state index contributed by atoms with van der Waals surface area (Å²) in [6.07, 6.45) is 1.76. The van der Waals surface area contributed by atoms with Crippen LogP contribution in [0.1, 0.15) is 28.1 Å². The molecule has 0 radical (unpaired) electrons. The first-order valence-electron chi connectivity index (χ1n) is 10.8. The van der Waals surface area contributed by atoms with E-state index in [1.54, 1.807) is 12.1 Å². The van der Waals surface area contributed by atoms with Crippen molar-refractivity contribution < 1.29 is 14.3 Å². The van der Waals surface area contributed by atoms with E-state index in [-0.39, 0.29) is 24.3 Å². The molecule has 0 saturated carbocycles. The van der Waals surface area contributed by atoms with Gasteiger partial charge < -0.3 is 9.30 Å². The zero-order valence-corrected chi connectivity index (χ0v) is 21.6. The molecule has 176 valence electrons. The van der Waals surface area contributed by atoms with Crippen molar-refractivity contribution in [2.24, 2.45) is 0 Å². The average Bonchev–Trinajstić information content (AvgIpc) is 3.21. The van der Waals surface area contributed by atoms with E-state index in [4.69, 9.17) is 27.9 Å². The molecule has 2 aromatic carbocycles. The molecule has 2 amide bonds. The number of hydrogen-bond donors (Lipinski definition) is 0. The summed E-state index contributed by atoms with van der Waals surface area (Å²) in [6, 6.07) is 13.4. The van der Waals surface area contributed by atoms with Crippen LogP contribution in [0, 0.1) is 27.7 Å². The van der Waals surface area contributed by atoms with Gasteiger partial charge in [0.05, 0.1) is 27.2 Å². The van der Waals surface area contributed by atoms with Crippen LogP contribution in [0.5, 0.6) is 5.75 Å². The molecule has 0 N–H and O–H groups in total. The summed E-state index contributed by atoms with van der Waals surface area (Å²) in [6.45, 7) is 8.27. The predicted octanol–water partition coefficient (Wildman–Crippen LogP) is 7.13. The van der Waals surface area contributed by atoms with Crippen molar-refractivity contribution in [3.63, 3.8) is 0 Å². The number of halogens is 2. The van der Waals surface area contributed by atoms with Crippen molar-refractivity contribution in [1.82, 2.24) is 9.47 Å². The summed E-state index contributed by atoms with van der Waals surface area (Å²) in [5, 5.41) is 0.631. The van der Waals surface area contributed by atoms with Gasteiger partial charge in [-0.25, -0.2) is 0 Å². The van der Waals surface area contributed by atoms with E-state index in [0.29, 0.717) is 15.0 Å². The molecule has 0 atom stereocenters. The Morgan fingerprint density at radius 1 is 1.03 bits per heavy atom. The maximum atomic E-state index is 13.0. The molecule has 0 unspecified atom stereocenters. The molecule has 1 aliphatic rings. The third kappa shape index (κ3) is 4.76. The highest BCUT2D eigenvalue weighted by Gasteiger charge is 2.35. The topological polar surface area (TPSA) is 51.5 Å². The van der Waals surface area contributed by atoms with E-state index in [9.17, 15) is 9.59 Å². The molecule has 0 aliphatic carbocycles. The predicted molar refractivity (Wildman–Crippen MR) is 139 cm³/mol. The second-order valence-corrected chi connectivity index (χ2v) is 9.96. The molecule has 8 heteroatoms. The van der Waals surface area contributed by atoms with E-state index in [2.05, 4.69) is 0 Å². The minimum Gasteiger partial charge on any atom is -0.491 e. The molecule has 4 rings (SSSR count). The summed E-state index contributed by atoms with van der Waals surface area (Å²) >= 11 is 13.6. The fourth-order valence-electron chi connectivity index (χ4n) is 3.91. The molecule has 5 nitrogen and oxygen atoms in total. The van der Waals surface area contributed by atoms with Gasteiger partial charge in [0.25, 0.3) is 11.1 Å². The molecule has 1 saturated heterocycles. The lowest BCUT2D eigenvalue weighted by Gasteiger charge is -2.14. The maximum Gasteiger partial charge on any atom is 0.293 e. The number of aromatic nitrogens is 1. The van der Waals surface area contributed by atoms with Gasteiger partial charge in [-0.05, 0) is 86.5 Å². The smallest absolute Gasteiger partial charge is 0.293 e. The van der Waals surface area contributed by atoms with Crippen LogP contribution >= 0.6 is 35.0 Å². The third-order valence-electron chi connectivity index (χ3n) is 5.72. The number of ether oxygens (including phenoxy) is 1. The number of aryl methyl sites for hydroxylation is 3. The van der Waals surface area contributed by atoms with Crippen molar-refractivity contribution in [2.75, 3.05) is 13.2 Å². The fourth-order valence-corrected chi connectivity index (χ4v) is 5.15. The van der Waals surface area contributed by atoms with Crippen LogP contribution in [0.3, 0.4) is 0 Å². The third-order valence-corrected chi connectivity index (χ3v) is 7.44. The molecule has 2 heterocycles. The number of hydrogen-bond acceptors (Lipinski definition) is 4. The summed E-state index contributed by atoms with van der Waals surface area (Å²) in [4.78, 5) is 27.1. The standard InChI is InChI=1S/C26H24Cl2N2O3S/c1-15-8-9-16(2)22(12-15)33-11-10-29-25(31)23(34-26(29)32)14-19-13-17(3)30(18(19)4)21-7-5-6-20(27)24(21)28/h5-9,12-14H,10-11H2,1-4H3/b23-14-. The summed E-state index contributed by atoms with van der Waals surface area (Å²) in [5.41, 5.74) is 5.54. The molecule has 3 aromatic rings.